The van der Waals surface area contributed by atoms with Gasteiger partial charge in [-0.05, 0) is 25.1 Å². The van der Waals surface area contributed by atoms with Crippen molar-refractivity contribution in [2.75, 3.05) is 32.1 Å². The summed E-state index contributed by atoms with van der Waals surface area (Å²) in [7, 11) is 1.62. The van der Waals surface area contributed by atoms with Crippen LogP contribution in [0.25, 0.3) is 0 Å². The average Bonchev–Trinajstić information content (AvgIpc) is 2.38. The van der Waals surface area contributed by atoms with Gasteiger partial charge >= 0.3 is 0 Å². The van der Waals surface area contributed by atoms with Crippen LogP contribution in [0, 0.1) is 11.3 Å². The first kappa shape index (κ1) is 13.3. The van der Waals surface area contributed by atoms with Crippen LogP contribution in [0.3, 0.4) is 0 Å². The lowest BCUT2D eigenvalue weighted by atomic mass is 10.2. The van der Waals surface area contributed by atoms with Crippen molar-refractivity contribution in [3.05, 3.63) is 23.8 Å². The van der Waals surface area contributed by atoms with Gasteiger partial charge in [-0.3, -0.25) is 0 Å². The fraction of sp³-hybridized carbons (Fsp3) is 0.462. The van der Waals surface area contributed by atoms with Gasteiger partial charge in [0, 0.05) is 19.2 Å². The number of hydrogen-bond acceptors (Lipinski definition) is 4. The molecule has 0 saturated carbocycles. The fourth-order valence-corrected chi connectivity index (χ4v) is 1.48. The van der Waals surface area contributed by atoms with Crippen molar-refractivity contribution in [1.82, 2.24) is 5.32 Å². The van der Waals surface area contributed by atoms with E-state index < -0.39 is 0 Å². The van der Waals surface area contributed by atoms with Gasteiger partial charge in [-0.25, -0.2) is 0 Å². The summed E-state index contributed by atoms with van der Waals surface area (Å²) in [6, 6.07) is 7.56. The van der Waals surface area contributed by atoms with Gasteiger partial charge in [0.2, 0.25) is 0 Å². The molecule has 4 nitrogen and oxygen atoms in total. The molecular formula is C13H19N3O. The number of nitriles is 1. The number of anilines is 1. The van der Waals surface area contributed by atoms with E-state index in [2.05, 4.69) is 23.6 Å². The second kappa shape index (κ2) is 7.53. The van der Waals surface area contributed by atoms with E-state index >= 15 is 0 Å². The summed E-state index contributed by atoms with van der Waals surface area (Å²) in [5.41, 5.74) is 1.46. The quantitative estimate of drug-likeness (QED) is 0.707. The minimum atomic E-state index is 0.640. The van der Waals surface area contributed by atoms with Crippen LogP contribution in [-0.2, 0) is 0 Å². The van der Waals surface area contributed by atoms with E-state index in [1.165, 1.54) is 0 Å². The molecule has 1 rings (SSSR count). The molecule has 0 unspecified atom stereocenters. The molecule has 2 N–H and O–H groups in total. The van der Waals surface area contributed by atoms with Crippen molar-refractivity contribution in [1.29, 1.82) is 5.26 Å². The van der Waals surface area contributed by atoms with Gasteiger partial charge in [-0.15, -0.1) is 0 Å². The lowest BCUT2D eigenvalue weighted by Crippen LogP contribution is -2.22. The molecule has 17 heavy (non-hydrogen) atoms. The van der Waals surface area contributed by atoms with E-state index in [4.69, 9.17) is 10.00 Å². The molecule has 0 radical (unpaired) electrons. The molecule has 0 heterocycles. The molecule has 0 atom stereocenters. The van der Waals surface area contributed by atoms with Crippen LogP contribution in [0.2, 0.25) is 0 Å². The van der Waals surface area contributed by atoms with Crippen LogP contribution in [-0.4, -0.2) is 26.7 Å². The Bertz CT molecular complexity index is 385. The summed E-state index contributed by atoms with van der Waals surface area (Å²) in [6.45, 7) is 4.83. The van der Waals surface area contributed by atoms with Crippen molar-refractivity contribution in [2.45, 2.75) is 13.3 Å². The summed E-state index contributed by atoms with van der Waals surface area (Å²) in [4.78, 5) is 0. The van der Waals surface area contributed by atoms with Crippen LogP contribution in [0.5, 0.6) is 5.75 Å². The van der Waals surface area contributed by atoms with Crippen LogP contribution in [0.15, 0.2) is 18.2 Å². The topological polar surface area (TPSA) is 57.1 Å². The minimum Gasteiger partial charge on any atom is -0.497 e. The van der Waals surface area contributed by atoms with Gasteiger partial charge < -0.3 is 15.4 Å². The first-order chi connectivity index (χ1) is 8.31. The zero-order chi connectivity index (χ0) is 12.5. The Hall–Kier alpha value is -1.73. The third kappa shape index (κ3) is 4.33. The second-order valence-electron chi connectivity index (χ2n) is 3.70. The van der Waals surface area contributed by atoms with Gasteiger partial charge in [0.15, 0.2) is 0 Å². The molecule has 92 valence electrons. The Morgan fingerprint density at radius 1 is 1.29 bits per heavy atom. The van der Waals surface area contributed by atoms with Crippen molar-refractivity contribution < 1.29 is 4.74 Å². The molecular weight excluding hydrogens is 214 g/mol. The van der Waals surface area contributed by atoms with Crippen molar-refractivity contribution in [3.63, 3.8) is 0 Å². The monoisotopic (exact) mass is 233 g/mol. The van der Waals surface area contributed by atoms with Crippen LogP contribution >= 0.6 is 0 Å². The zero-order valence-electron chi connectivity index (χ0n) is 10.4. The Labute approximate surface area is 103 Å². The van der Waals surface area contributed by atoms with Gasteiger partial charge in [0.25, 0.3) is 0 Å². The number of hydrogen-bond donors (Lipinski definition) is 2. The van der Waals surface area contributed by atoms with Crippen molar-refractivity contribution in [2.24, 2.45) is 0 Å². The second-order valence-corrected chi connectivity index (χ2v) is 3.70. The first-order valence-corrected chi connectivity index (χ1v) is 5.84. The number of rotatable bonds is 7. The van der Waals surface area contributed by atoms with Gasteiger partial charge in [0.05, 0.1) is 18.4 Å². The normalized spacial score (nSPS) is 9.71. The van der Waals surface area contributed by atoms with Crippen molar-refractivity contribution in [3.8, 4) is 11.8 Å². The van der Waals surface area contributed by atoms with Crippen LogP contribution in [0.4, 0.5) is 5.69 Å². The number of ether oxygens (including phenoxy) is 1. The number of benzene rings is 1. The molecule has 0 amide bonds. The van der Waals surface area contributed by atoms with Gasteiger partial charge in [-0.2, -0.15) is 5.26 Å². The third-order valence-corrected chi connectivity index (χ3v) is 2.39. The highest BCUT2D eigenvalue weighted by atomic mass is 16.5. The lowest BCUT2D eigenvalue weighted by molar-refractivity contribution is 0.415. The third-order valence-electron chi connectivity index (χ3n) is 2.39. The molecule has 0 aliphatic heterocycles. The van der Waals surface area contributed by atoms with Gasteiger partial charge in [0.1, 0.15) is 11.8 Å². The van der Waals surface area contributed by atoms with E-state index in [0.717, 1.165) is 37.5 Å². The fourth-order valence-electron chi connectivity index (χ4n) is 1.48. The van der Waals surface area contributed by atoms with E-state index in [0.29, 0.717) is 5.56 Å². The number of nitrogens with zero attached hydrogens (tertiary/aromatic N) is 1. The summed E-state index contributed by atoms with van der Waals surface area (Å²) < 4.78 is 5.13. The van der Waals surface area contributed by atoms with E-state index in [-0.39, 0.29) is 0 Å². The van der Waals surface area contributed by atoms with Crippen LogP contribution < -0.4 is 15.4 Å². The standard InChI is InChI=1S/C13H19N3O/c1-3-6-15-7-8-16-13-9-12(17-2)5-4-11(13)10-14/h4-5,9,15-16H,3,6-8H2,1-2H3. The largest absolute Gasteiger partial charge is 0.497 e. The minimum absolute atomic E-state index is 0.640. The molecule has 0 fully saturated rings. The van der Waals surface area contributed by atoms with Gasteiger partial charge in [-0.1, -0.05) is 6.92 Å². The maximum absolute atomic E-state index is 8.98. The Morgan fingerprint density at radius 3 is 2.76 bits per heavy atom. The highest BCUT2D eigenvalue weighted by Gasteiger charge is 2.02. The highest BCUT2D eigenvalue weighted by Crippen LogP contribution is 2.21. The number of nitrogens with one attached hydrogen (secondary N) is 2. The smallest absolute Gasteiger partial charge is 0.121 e. The predicted molar refractivity (Wildman–Crippen MR) is 69.4 cm³/mol. The van der Waals surface area contributed by atoms with E-state index in [1.807, 2.05) is 6.07 Å². The Balaban J connectivity index is 2.53. The SMILES string of the molecule is CCCNCCNc1cc(OC)ccc1C#N. The molecule has 0 aromatic heterocycles. The molecule has 0 spiro atoms. The zero-order valence-corrected chi connectivity index (χ0v) is 10.4. The molecule has 1 aromatic rings. The summed E-state index contributed by atoms with van der Waals surface area (Å²) in [5.74, 6) is 0.757. The van der Waals surface area contributed by atoms with Crippen LogP contribution in [0.1, 0.15) is 18.9 Å². The molecule has 0 aliphatic carbocycles. The Morgan fingerprint density at radius 2 is 2.12 bits per heavy atom. The molecule has 1 aromatic carbocycles. The summed E-state index contributed by atoms with van der Waals surface area (Å²) >= 11 is 0. The molecule has 4 heteroatoms. The first-order valence-electron chi connectivity index (χ1n) is 5.84. The summed E-state index contributed by atoms with van der Waals surface area (Å²) in [5, 5.41) is 15.5. The maximum atomic E-state index is 8.98. The maximum Gasteiger partial charge on any atom is 0.121 e. The van der Waals surface area contributed by atoms with Crippen molar-refractivity contribution >= 4 is 5.69 Å². The molecule has 0 bridgehead atoms. The summed E-state index contributed by atoms with van der Waals surface area (Å²) in [6.07, 6.45) is 1.13. The molecule has 0 aliphatic rings. The van der Waals surface area contributed by atoms with E-state index in [1.54, 1.807) is 19.2 Å². The average molecular weight is 233 g/mol. The molecule has 0 saturated heterocycles. The Kier molecular flexibility index (Phi) is 5.91. The number of methoxy groups -OCH3 is 1. The van der Waals surface area contributed by atoms with E-state index in [9.17, 15) is 0 Å². The predicted octanol–water partition coefficient (Wildman–Crippen LogP) is 1.98. The lowest BCUT2D eigenvalue weighted by Gasteiger charge is -2.10. The highest BCUT2D eigenvalue weighted by molar-refractivity contribution is 5.60.